The molecule has 102 valence electrons. The average molecular weight is 249 g/mol. The summed E-state index contributed by atoms with van der Waals surface area (Å²) in [7, 11) is 0. The normalized spacial score (nSPS) is 50.7. The van der Waals surface area contributed by atoms with Crippen LogP contribution in [-0.4, -0.2) is 25.3 Å². The van der Waals surface area contributed by atoms with Crippen molar-refractivity contribution in [2.24, 2.45) is 23.7 Å². The fourth-order valence-electron chi connectivity index (χ4n) is 5.57. The Morgan fingerprint density at radius 3 is 2.22 bits per heavy atom. The van der Waals surface area contributed by atoms with Gasteiger partial charge in [0, 0.05) is 6.54 Å². The molecule has 0 aromatic carbocycles. The first-order valence-electron chi connectivity index (χ1n) is 8.16. The zero-order valence-electron chi connectivity index (χ0n) is 11.5. The van der Waals surface area contributed by atoms with Crippen molar-refractivity contribution < 1.29 is 4.74 Å². The summed E-state index contributed by atoms with van der Waals surface area (Å²) >= 11 is 0. The van der Waals surface area contributed by atoms with Crippen molar-refractivity contribution in [1.29, 1.82) is 0 Å². The Morgan fingerprint density at radius 1 is 1.00 bits per heavy atom. The predicted molar refractivity (Wildman–Crippen MR) is 72.4 cm³/mol. The third-order valence-corrected chi connectivity index (χ3v) is 6.01. The SMILES string of the molecule is C1CNC[C@@H](COC23CC4CC(CC(C4)C2)C3)C1. The molecule has 0 amide bonds. The van der Waals surface area contributed by atoms with Crippen LogP contribution in [0, 0.1) is 23.7 Å². The van der Waals surface area contributed by atoms with E-state index in [9.17, 15) is 0 Å². The van der Waals surface area contributed by atoms with E-state index in [1.54, 1.807) is 0 Å². The van der Waals surface area contributed by atoms with E-state index in [1.807, 2.05) is 0 Å². The Balaban J connectivity index is 1.38. The summed E-state index contributed by atoms with van der Waals surface area (Å²) in [4.78, 5) is 0. The molecule has 5 fully saturated rings. The average Bonchev–Trinajstić information content (AvgIpc) is 2.36. The van der Waals surface area contributed by atoms with Crippen molar-refractivity contribution in [2.45, 2.75) is 57.0 Å². The van der Waals surface area contributed by atoms with E-state index in [0.29, 0.717) is 5.60 Å². The molecule has 2 heteroatoms. The standard InChI is InChI=1S/C16H27NO/c1-2-12(10-17-3-1)11-18-16-7-13-4-14(8-16)6-15(5-13)9-16/h12-15,17H,1-11H2/t12-,13?,14?,15?,16?/m0/s1. The van der Waals surface area contributed by atoms with Crippen LogP contribution >= 0.6 is 0 Å². The van der Waals surface area contributed by atoms with Gasteiger partial charge in [-0.15, -0.1) is 0 Å². The maximum absolute atomic E-state index is 6.54. The van der Waals surface area contributed by atoms with Crippen molar-refractivity contribution in [1.82, 2.24) is 5.32 Å². The monoisotopic (exact) mass is 249 g/mol. The molecule has 1 aliphatic heterocycles. The van der Waals surface area contributed by atoms with E-state index in [4.69, 9.17) is 4.74 Å². The van der Waals surface area contributed by atoms with Crippen LogP contribution in [0.25, 0.3) is 0 Å². The lowest BCUT2D eigenvalue weighted by Gasteiger charge is -2.56. The van der Waals surface area contributed by atoms with E-state index in [0.717, 1.165) is 30.3 Å². The fourth-order valence-corrected chi connectivity index (χ4v) is 5.57. The van der Waals surface area contributed by atoms with E-state index in [2.05, 4.69) is 5.32 Å². The molecule has 4 bridgehead atoms. The van der Waals surface area contributed by atoms with Crippen LogP contribution in [-0.2, 0) is 4.74 Å². The van der Waals surface area contributed by atoms with Gasteiger partial charge in [0.25, 0.3) is 0 Å². The summed E-state index contributed by atoms with van der Waals surface area (Å²) in [5.41, 5.74) is 0.326. The van der Waals surface area contributed by atoms with Crippen molar-refractivity contribution >= 4 is 0 Å². The molecule has 1 heterocycles. The first-order chi connectivity index (χ1) is 8.81. The molecule has 2 nitrogen and oxygen atoms in total. The summed E-state index contributed by atoms with van der Waals surface area (Å²) in [6.45, 7) is 3.43. The first kappa shape index (κ1) is 11.7. The summed E-state index contributed by atoms with van der Waals surface area (Å²) < 4.78 is 6.54. The minimum absolute atomic E-state index is 0.326. The van der Waals surface area contributed by atoms with Gasteiger partial charge in [0.1, 0.15) is 0 Å². The van der Waals surface area contributed by atoms with Crippen LogP contribution < -0.4 is 5.32 Å². The van der Waals surface area contributed by atoms with Gasteiger partial charge in [0.2, 0.25) is 0 Å². The molecule has 1 atom stereocenters. The Kier molecular flexibility index (Phi) is 2.92. The molecular formula is C16H27NO. The van der Waals surface area contributed by atoms with E-state index >= 15 is 0 Å². The highest BCUT2D eigenvalue weighted by Gasteiger charge is 2.51. The zero-order chi connectivity index (χ0) is 12.0. The quantitative estimate of drug-likeness (QED) is 0.830. The van der Waals surface area contributed by atoms with Gasteiger partial charge in [-0.2, -0.15) is 0 Å². The number of ether oxygens (including phenoxy) is 1. The third-order valence-electron chi connectivity index (χ3n) is 6.01. The molecule has 0 unspecified atom stereocenters. The maximum atomic E-state index is 6.54. The van der Waals surface area contributed by atoms with Crippen molar-refractivity contribution in [2.75, 3.05) is 19.7 Å². The minimum Gasteiger partial charge on any atom is -0.375 e. The van der Waals surface area contributed by atoms with Gasteiger partial charge < -0.3 is 10.1 Å². The number of hydrogen-bond acceptors (Lipinski definition) is 2. The van der Waals surface area contributed by atoms with Crippen LogP contribution in [0.4, 0.5) is 0 Å². The van der Waals surface area contributed by atoms with Gasteiger partial charge in [0.05, 0.1) is 12.2 Å². The summed E-state index contributed by atoms with van der Waals surface area (Å²) in [6.07, 6.45) is 11.4. The van der Waals surface area contributed by atoms with Crippen molar-refractivity contribution in [3.63, 3.8) is 0 Å². The number of piperidine rings is 1. The molecule has 0 aromatic heterocycles. The van der Waals surface area contributed by atoms with Crippen LogP contribution in [0.1, 0.15) is 51.4 Å². The van der Waals surface area contributed by atoms with Gasteiger partial charge in [-0.05, 0) is 81.6 Å². The second-order valence-electron chi connectivity index (χ2n) is 7.62. The maximum Gasteiger partial charge on any atom is 0.0690 e. The van der Waals surface area contributed by atoms with Gasteiger partial charge in [-0.3, -0.25) is 0 Å². The highest BCUT2D eigenvalue weighted by atomic mass is 16.5. The van der Waals surface area contributed by atoms with Gasteiger partial charge in [-0.1, -0.05) is 0 Å². The van der Waals surface area contributed by atoms with E-state index in [-0.39, 0.29) is 0 Å². The lowest BCUT2D eigenvalue weighted by molar-refractivity contribution is -0.169. The van der Waals surface area contributed by atoms with E-state index < -0.39 is 0 Å². The highest BCUT2D eigenvalue weighted by Crippen LogP contribution is 2.57. The molecule has 18 heavy (non-hydrogen) atoms. The number of hydrogen-bond donors (Lipinski definition) is 1. The van der Waals surface area contributed by atoms with Gasteiger partial charge >= 0.3 is 0 Å². The van der Waals surface area contributed by atoms with E-state index in [1.165, 1.54) is 64.5 Å². The van der Waals surface area contributed by atoms with Gasteiger partial charge in [0.15, 0.2) is 0 Å². The summed E-state index contributed by atoms with van der Waals surface area (Å²) in [5, 5.41) is 3.51. The molecule has 4 aliphatic carbocycles. The lowest BCUT2D eigenvalue weighted by Crippen LogP contribution is -2.52. The molecule has 1 saturated heterocycles. The molecule has 5 aliphatic rings. The molecule has 4 saturated carbocycles. The smallest absolute Gasteiger partial charge is 0.0690 e. The topological polar surface area (TPSA) is 21.3 Å². The largest absolute Gasteiger partial charge is 0.375 e. The Morgan fingerprint density at radius 2 is 1.67 bits per heavy atom. The second kappa shape index (κ2) is 4.49. The fraction of sp³-hybridized carbons (Fsp3) is 1.00. The number of rotatable bonds is 3. The molecule has 0 radical (unpaired) electrons. The van der Waals surface area contributed by atoms with Crippen LogP contribution in [0.15, 0.2) is 0 Å². The highest BCUT2D eigenvalue weighted by molar-refractivity contribution is 5.03. The summed E-state index contributed by atoms with van der Waals surface area (Å²) in [5.74, 6) is 3.83. The van der Waals surface area contributed by atoms with Crippen molar-refractivity contribution in [3.05, 3.63) is 0 Å². The Bertz CT molecular complexity index is 273. The molecule has 0 aromatic rings. The zero-order valence-corrected chi connectivity index (χ0v) is 11.5. The summed E-state index contributed by atoms with van der Waals surface area (Å²) in [6, 6.07) is 0. The van der Waals surface area contributed by atoms with Crippen molar-refractivity contribution in [3.8, 4) is 0 Å². The molecule has 0 spiro atoms. The van der Waals surface area contributed by atoms with Crippen LogP contribution in [0.5, 0.6) is 0 Å². The lowest BCUT2D eigenvalue weighted by atomic mass is 9.54. The molecule has 1 N–H and O–H groups in total. The molecular weight excluding hydrogens is 222 g/mol. The molecule has 5 rings (SSSR count). The minimum atomic E-state index is 0.326. The van der Waals surface area contributed by atoms with Gasteiger partial charge in [-0.25, -0.2) is 0 Å². The third kappa shape index (κ3) is 2.12. The Hall–Kier alpha value is -0.0800. The first-order valence-corrected chi connectivity index (χ1v) is 8.16. The van der Waals surface area contributed by atoms with Crippen LogP contribution in [0.2, 0.25) is 0 Å². The Labute approximate surface area is 111 Å². The van der Waals surface area contributed by atoms with Crippen LogP contribution in [0.3, 0.4) is 0 Å². The number of nitrogens with one attached hydrogen (secondary N) is 1. The predicted octanol–water partition coefficient (Wildman–Crippen LogP) is 2.97. The second-order valence-corrected chi connectivity index (χ2v) is 7.62.